The first kappa shape index (κ1) is 15.1. The van der Waals surface area contributed by atoms with Crippen molar-refractivity contribution in [1.82, 2.24) is 4.98 Å². The Labute approximate surface area is 122 Å². The van der Waals surface area contributed by atoms with E-state index in [9.17, 15) is 0 Å². The lowest BCUT2D eigenvalue weighted by molar-refractivity contribution is -0.109. The Morgan fingerprint density at radius 2 is 2.15 bits per heavy atom. The van der Waals surface area contributed by atoms with E-state index in [1.54, 1.807) is 0 Å². The molecule has 0 aliphatic heterocycles. The first-order valence-corrected chi connectivity index (χ1v) is 7.52. The summed E-state index contributed by atoms with van der Waals surface area (Å²) in [6.07, 6.45) is 4.50. The third kappa shape index (κ3) is 2.75. The average molecular weight is 277 g/mol. The first-order valence-electron chi connectivity index (χ1n) is 7.52. The molecule has 2 rings (SSSR count). The molecule has 0 spiro atoms. The van der Waals surface area contributed by atoms with Crippen LogP contribution in [0.1, 0.15) is 33.6 Å². The highest BCUT2D eigenvalue weighted by molar-refractivity contribution is 5.49. The first-order chi connectivity index (χ1) is 9.51. The molecule has 0 aromatic carbocycles. The minimum absolute atomic E-state index is 0.218. The highest BCUT2D eigenvalue weighted by Gasteiger charge is 2.51. The van der Waals surface area contributed by atoms with Gasteiger partial charge in [-0.1, -0.05) is 13.8 Å². The van der Waals surface area contributed by atoms with E-state index in [0.717, 1.165) is 31.0 Å². The third-order valence-electron chi connectivity index (χ3n) is 4.66. The molecule has 1 saturated carbocycles. The Balaban J connectivity index is 2.00. The van der Waals surface area contributed by atoms with E-state index in [0.29, 0.717) is 12.1 Å². The van der Waals surface area contributed by atoms with Crippen molar-refractivity contribution >= 4 is 11.5 Å². The van der Waals surface area contributed by atoms with Gasteiger partial charge in [0.2, 0.25) is 0 Å². The molecule has 20 heavy (non-hydrogen) atoms. The van der Waals surface area contributed by atoms with Crippen LogP contribution in [-0.4, -0.2) is 37.8 Å². The molecule has 1 aliphatic rings. The number of hydrogen-bond donors (Lipinski definition) is 1. The zero-order chi connectivity index (χ0) is 14.8. The van der Waals surface area contributed by atoms with E-state index in [1.807, 2.05) is 31.3 Å². The molecule has 3 unspecified atom stereocenters. The van der Waals surface area contributed by atoms with Gasteiger partial charge in [0.15, 0.2) is 0 Å². The number of pyridine rings is 1. The van der Waals surface area contributed by atoms with Gasteiger partial charge in [0.05, 0.1) is 18.0 Å². The lowest BCUT2D eigenvalue weighted by atomic mass is 9.61. The molecule has 1 aromatic rings. The molecule has 112 valence electrons. The zero-order valence-corrected chi connectivity index (χ0v) is 13.3. The van der Waals surface area contributed by atoms with Crippen molar-refractivity contribution in [2.24, 2.45) is 5.41 Å². The van der Waals surface area contributed by atoms with E-state index in [1.165, 1.54) is 0 Å². The summed E-state index contributed by atoms with van der Waals surface area (Å²) in [6, 6.07) is 4.62. The normalized spacial score (nSPS) is 28.9. The van der Waals surface area contributed by atoms with E-state index in [2.05, 4.69) is 37.1 Å². The molecule has 1 N–H and O–H groups in total. The quantitative estimate of drug-likeness (QED) is 0.866. The van der Waals surface area contributed by atoms with Gasteiger partial charge in [-0.05, 0) is 31.9 Å². The molecular formula is C16H27N3O. The molecule has 1 aliphatic carbocycles. The van der Waals surface area contributed by atoms with Crippen molar-refractivity contribution in [3.63, 3.8) is 0 Å². The van der Waals surface area contributed by atoms with E-state index >= 15 is 0 Å². The Morgan fingerprint density at radius 1 is 1.40 bits per heavy atom. The SMILES string of the molecule is CCOC1CC(Nc2ccc(N(C)C)nc2)C1(C)CC. The van der Waals surface area contributed by atoms with Crippen molar-refractivity contribution in [3.8, 4) is 0 Å². The largest absolute Gasteiger partial charge is 0.380 e. The molecule has 0 bridgehead atoms. The van der Waals surface area contributed by atoms with E-state index < -0.39 is 0 Å². The number of aromatic nitrogens is 1. The molecule has 1 fully saturated rings. The maximum atomic E-state index is 5.84. The van der Waals surface area contributed by atoms with Crippen molar-refractivity contribution in [2.45, 2.75) is 45.8 Å². The van der Waals surface area contributed by atoms with Gasteiger partial charge in [-0.15, -0.1) is 0 Å². The Kier molecular flexibility index (Phi) is 4.53. The summed E-state index contributed by atoms with van der Waals surface area (Å²) in [4.78, 5) is 6.46. The number of nitrogens with one attached hydrogen (secondary N) is 1. The summed E-state index contributed by atoms with van der Waals surface area (Å²) in [7, 11) is 4.00. The maximum absolute atomic E-state index is 5.84. The summed E-state index contributed by atoms with van der Waals surface area (Å²) in [5.41, 5.74) is 1.31. The van der Waals surface area contributed by atoms with Crippen LogP contribution in [0.3, 0.4) is 0 Å². The Hall–Kier alpha value is -1.29. The highest BCUT2D eigenvalue weighted by Crippen LogP contribution is 2.47. The van der Waals surface area contributed by atoms with Crippen LogP contribution >= 0.6 is 0 Å². The summed E-state index contributed by atoms with van der Waals surface area (Å²) >= 11 is 0. The smallest absolute Gasteiger partial charge is 0.128 e. The fourth-order valence-corrected chi connectivity index (χ4v) is 2.91. The number of rotatable bonds is 6. The summed E-state index contributed by atoms with van der Waals surface area (Å²) in [6.45, 7) is 7.43. The van der Waals surface area contributed by atoms with Crippen molar-refractivity contribution in [3.05, 3.63) is 18.3 Å². The standard InChI is InChI=1S/C16H27N3O/c1-6-16(3)13(10-14(16)20-7-2)18-12-8-9-15(17-11-12)19(4)5/h8-9,11,13-14,18H,6-7,10H2,1-5H3. The van der Waals surface area contributed by atoms with Gasteiger partial charge >= 0.3 is 0 Å². The fourth-order valence-electron chi connectivity index (χ4n) is 2.91. The molecule has 4 heteroatoms. The Morgan fingerprint density at radius 3 is 2.65 bits per heavy atom. The van der Waals surface area contributed by atoms with Crippen molar-refractivity contribution in [1.29, 1.82) is 0 Å². The number of hydrogen-bond acceptors (Lipinski definition) is 4. The van der Waals surface area contributed by atoms with Gasteiger partial charge in [-0.25, -0.2) is 4.98 Å². The second-order valence-corrected chi connectivity index (χ2v) is 6.04. The fraction of sp³-hybridized carbons (Fsp3) is 0.688. The zero-order valence-electron chi connectivity index (χ0n) is 13.3. The second-order valence-electron chi connectivity index (χ2n) is 6.04. The lowest BCUT2D eigenvalue weighted by Gasteiger charge is -2.53. The van der Waals surface area contributed by atoms with Gasteiger partial charge in [0, 0.05) is 32.2 Å². The van der Waals surface area contributed by atoms with Crippen LogP contribution in [0.4, 0.5) is 11.5 Å². The lowest BCUT2D eigenvalue weighted by Crippen LogP contribution is -2.59. The van der Waals surface area contributed by atoms with Crippen LogP contribution in [-0.2, 0) is 4.74 Å². The summed E-state index contributed by atoms with van der Waals surface area (Å²) < 4.78 is 5.84. The van der Waals surface area contributed by atoms with Crippen LogP contribution in [0.5, 0.6) is 0 Å². The minimum atomic E-state index is 0.218. The van der Waals surface area contributed by atoms with Crippen molar-refractivity contribution < 1.29 is 4.74 Å². The predicted molar refractivity (Wildman–Crippen MR) is 84.4 cm³/mol. The van der Waals surface area contributed by atoms with Gasteiger partial charge in [0.25, 0.3) is 0 Å². The van der Waals surface area contributed by atoms with Gasteiger partial charge in [0.1, 0.15) is 5.82 Å². The van der Waals surface area contributed by atoms with Crippen LogP contribution < -0.4 is 10.2 Å². The van der Waals surface area contributed by atoms with Crippen LogP contribution in [0.2, 0.25) is 0 Å². The predicted octanol–water partition coefficient (Wildman–Crippen LogP) is 3.15. The highest BCUT2D eigenvalue weighted by atomic mass is 16.5. The van der Waals surface area contributed by atoms with Crippen LogP contribution in [0, 0.1) is 5.41 Å². The third-order valence-corrected chi connectivity index (χ3v) is 4.66. The second kappa shape index (κ2) is 6.00. The van der Waals surface area contributed by atoms with Gasteiger partial charge in [-0.3, -0.25) is 0 Å². The topological polar surface area (TPSA) is 37.4 Å². The summed E-state index contributed by atoms with van der Waals surface area (Å²) in [5.74, 6) is 0.981. The molecule has 1 heterocycles. The monoisotopic (exact) mass is 277 g/mol. The van der Waals surface area contributed by atoms with Crippen molar-refractivity contribution in [2.75, 3.05) is 30.9 Å². The maximum Gasteiger partial charge on any atom is 0.128 e. The van der Waals surface area contributed by atoms with Crippen LogP contribution in [0.15, 0.2) is 18.3 Å². The molecule has 3 atom stereocenters. The molecule has 4 nitrogen and oxygen atoms in total. The van der Waals surface area contributed by atoms with Crippen LogP contribution in [0.25, 0.3) is 0 Å². The van der Waals surface area contributed by atoms with E-state index in [4.69, 9.17) is 4.74 Å². The van der Waals surface area contributed by atoms with E-state index in [-0.39, 0.29) is 5.41 Å². The molecule has 0 radical (unpaired) electrons. The molecule has 0 saturated heterocycles. The molecule has 1 aromatic heterocycles. The molecule has 0 amide bonds. The van der Waals surface area contributed by atoms with Gasteiger partial charge in [-0.2, -0.15) is 0 Å². The average Bonchev–Trinajstić information content (AvgIpc) is 2.45. The minimum Gasteiger partial charge on any atom is -0.380 e. The van der Waals surface area contributed by atoms with Gasteiger partial charge < -0.3 is 15.0 Å². The Bertz CT molecular complexity index is 432. The number of ether oxygens (including phenoxy) is 1. The summed E-state index contributed by atoms with van der Waals surface area (Å²) in [5, 5.41) is 3.61. The number of anilines is 2. The number of nitrogens with zero attached hydrogens (tertiary/aromatic N) is 2. The molecular weight excluding hydrogens is 250 g/mol.